The van der Waals surface area contributed by atoms with E-state index in [4.69, 9.17) is 5.73 Å². The smallest absolute Gasteiger partial charge is 0.333 e. The number of nitrogens with two attached hydrogens (primary N) is 1. The molecule has 4 heterocycles. The fourth-order valence-electron chi connectivity index (χ4n) is 4.25. The molecule has 3 aromatic rings. The zero-order valence-electron chi connectivity index (χ0n) is 19.1. The lowest BCUT2D eigenvalue weighted by molar-refractivity contribution is -0.137. The van der Waals surface area contributed by atoms with Crippen LogP contribution in [0.3, 0.4) is 0 Å². The molecule has 35 heavy (non-hydrogen) atoms. The minimum Gasteiger partial charge on any atom is -0.480 e. The molecule has 0 spiro atoms. The van der Waals surface area contributed by atoms with Crippen molar-refractivity contribution in [3.05, 3.63) is 50.4 Å². The van der Waals surface area contributed by atoms with Gasteiger partial charge in [-0.1, -0.05) is 5.92 Å². The summed E-state index contributed by atoms with van der Waals surface area (Å²) < 4.78 is 3.44. The Balaban J connectivity index is 2.02. The normalized spacial score (nSPS) is 15.5. The number of aliphatic carboxylic acids is 1. The van der Waals surface area contributed by atoms with Gasteiger partial charge in [-0.05, 0) is 31.9 Å². The van der Waals surface area contributed by atoms with E-state index in [0.29, 0.717) is 19.0 Å². The molecule has 3 aromatic heterocycles. The van der Waals surface area contributed by atoms with Crippen molar-refractivity contribution < 1.29 is 9.90 Å². The van der Waals surface area contributed by atoms with Crippen LogP contribution in [0.15, 0.2) is 27.9 Å². The predicted molar refractivity (Wildman–Crippen MR) is 127 cm³/mol. The van der Waals surface area contributed by atoms with Gasteiger partial charge in [-0.3, -0.25) is 28.3 Å². The van der Waals surface area contributed by atoms with E-state index < -0.39 is 23.8 Å². The summed E-state index contributed by atoms with van der Waals surface area (Å²) in [5.74, 6) is 4.87. The molecule has 1 aliphatic rings. The number of anilines is 1. The number of pyridine rings is 1. The Hall–Kier alpha value is -4.42. The highest BCUT2D eigenvalue weighted by Crippen LogP contribution is 2.23. The van der Waals surface area contributed by atoms with Crippen LogP contribution in [0.5, 0.6) is 0 Å². The molecule has 0 amide bonds. The van der Waals surface area contributed by atoms with Gasteiger partial charge in [0.1, 0.15) is 12.6 Å². The molecular weight excluding hydrogens is 452 g/mol. The molecule has 0 bridgehead atoms. The van der Waals surface area contributed by atoms with Gasteiger partial charge in [-0.25, -0.2) is 4.79 Å². The van der Waals surface area contributed by atoms with E-state index in [-0.39, 0.29) is 41.6 Å². The number of hydrogen-bond donors (Lipinski definition) is 2. The quantitative estimate of drug-likeness (QED) is 0.455. The predicted octanol–water partition coefficient (Wildman–Crippen LogP) is -0.290. The molecule has 1 unspecified atom stereocenters. The fraction of sp³-hybridized carbons (Fsp3) is 0.391. The number of rotatable bonds is 6. The Morgan fingerprint density at radius 3 is 2.80 bits per heavy atom. The van der Waals surface area contributed by atoms with Gasteiger partial charge in [0, 0.05) is 25.3 Å². The van der Waals surface area contributed by atoms with Crippen LogP contribution in [0.25, 0.3) is 11.2 Å². The van der Waals surface area contributed by atoms with Gasteiger partial charge in [-0.15, -0.1) is 5.92 Å². The van der Waals surface area contributed by atoms with Crippen LogP contribution in [0, 0.1) is 23.2 Å². The highest BCUT2D eigenvalue weighted by molar-refractivity contribution is 5.77. The van der Waals surface area contributed by atoms with Crippen LogP contribution in [0.2, 0.25) is 0 Å². The van der Waals surface area contributed by atoms with E-state index in [1.807, 2.05) is 11.0 Å². The van der Waals surface area contributed by atoms with Crippen molar-refractivity contribution in [2.24, 2.45) is 5.73 Å². The number of carbonyl (C=O) groups is 1. The Morgan fingerprint density at radius 2 is 2.11 bits per heavy atom. The van der Waals surface area contributed by atoms with E-state index in [9.17, 15) is 24.8 Å². The average molecular weight is 476 g/mol. The monoisotopic (exact) mass is 476 g/mol. The largest absolute Gasteiger partial charge is 0.480 e. The zero-order valence-corrected chi connectivity index (χ0v) is 19.1. The summed E-state index contributed by atoms with van der Waals surface area (Å²) in [5, 5.41) is 18.9. The van der Waals surface area contributed by atoms with Crippen molar-refractivity contribution in [1.82, 2.24) is 23.7 Å². The van der Waals surface area contributed by atoms with Crippen LogP contribution in [0.4, 0.5) is 5.95 Å². The highest BCUT2D eigenvalue weighted by atomic mass is 16.4. The SMILES string of the molecule is CC#CCn1c(N2CCCC(N)C2)nc2c1c(=O)n(Cc1ncccc1C#N)c(=O)n2CC(=O)O. The van der Waals surface area contributed by atoms with Crippen LogP contribution in [-0.2, 0) is 24.4 Å². The van der Waals surface area contributed by atoms with Crippen molar-refractivity contribution in [3.63, 3.8) is 0 Å². The standard InChI is InChI=1S/C23H24N8O4/c1-2-3-10-29-19-20(27-22(29)28-9-5-7-16(25)12-28)30(14-18(32)33)23(35)31(21(19)34)13-17-15(11-24)6-4-8-26-17/h4,6,8,16H,5,7,9-10,12-14,25H2,1H3,(H,32,33). The molecule has 180 valence electrons. The third-order valence-corrected chi connectivity index (χ3v) is 5.86. The Bertz CT molecular complexity index is 1510. The molecule has 0 aromatic carbocycles. The number of aromatic nitrogens is 5. The lowest BCUT2D eigenvalue weighted by Crippen LogP contribution is -2.44. The first-order valence-electron chi connectivity index (χ1n) is 11.1. The lowest BCUT2D eigenvalue weighted by atomic mass is 10.1. The van der Waals surface area contributed by atoms with Crippen LogP contribution < -0.4 is 21.9 Å². The number of fused-ring (bicyclic) bond motifs is 1. The van der Waals surface area contributed by atoms with Crippen molar-refractivity contribution in [1.29, 1.82) is 5.26 Å². The minimum atomic E-state index is -1.27. The number of hydrogen-bond acceptors (Lipinski definition) is 8. The minimum absolute atomic E-state index is 0.0350. The Kier molecular flexibility index (Phi) is 6.66. The molecule has 0 saturated carbocycles. The maximum atomic E-state index is 13.7. The molecular formula is C23H24N8O4. The van der Waals surface area contributed by atoms with Crippen molar-refractivity contribution >= 4 is 23.1 Å². The van der Waals surface area contributed by atoms with Gasteiger partial charge >= 0.3 is 11.7 Å². The van der Waals surface area contributed by atoms with E-state index in [0.717, 1.165) is 22.0 Å². The molecule has 3 N–H and O–H groups in total. The Morgan fingerprint density at radius 1 is 1.31 bits per heavy atom. The third-order valence-electron chi connectivity index (χ3n) is 5.86. The highest BCUT2D eigenvalue weighted by Gasteiger charge is 2.27. The summed E-state index contributed by atoms with van der Waals surface area (Å²) in [4.78, 5) is 49.3. The van der Waals surface area contributed by atoms with Crippen molar-refractivity contribution in [2.75, 3.05) is 18.0 Å². The second-order valence-electron chi connectivity index (χ2n) is 8.21. The summed E-state index contributed by atoms with van der Waals surface area (Å²) in [5.41, 5.74) is 5.08. The average Bonchev–Trinajstić information content (AvgIpc) is 3.22. The molecule has 0 radical (unpaired) electrons. The maximum Gasteiger partial charge on any atom is 0.333 e. The first kappa shape index (κ1) is 23.7. The topological polar surface area (TPSA) is 165 Å². The molecule has 1 aliphatic heterocycles. The number of carboxylic acids is 1. The molecule has 1 saturated heterocycles. The first-order chi connectivity index (χ1) is 16.8. The van der Waals surface area contributed by atoms with E-state index in [1.165, 1.54) is 12.3 Å². The second-order valence-corrected chi connectivity index (χ2v) is 8.21. The lowest BCUT2D eigenvalue weighted by Gasteiger charge is -2.31. The first-order valence-corrected chi connectivity index (χ1v) is 11.1. The van der Waals surface area contributed by atoms with Gasteiger partial charge in [0.2, 0.25) is 5.95 Å². The fourth-order valence-corrected chi connectivity index (χ4v) is 4.25. The third kappa shape index (κ3) is 4.52. The molecule has 12 heteroatoms. The summed E-state index contributed by atoms with van der Waals surface area (Å²) in [6.07, 6.45) is 3.13. The number of nitrogens with zero attached hydrogens (tertiary/aromatic N) is 7. The molecule has 4 rings (SSSR count). The molecule has 1 fully saturated rings. The van der Waals surface area contributed by atoms with Gasteiger partial charge in [0.05, 0.1) is 24.3 Å². The molecule has 12 nitrogen and oxygen atoms in total. The van der Waals surface area contributed by atoms with Crippen LogP contribution in [-0.4, -0.2) is 53.9 Å². The number of piperidine rings is 1. The van der Waals surface area contributed by atoms with Crippen molar-refractivity contribution in [2.45, 2.75) is 45.4 Å². The molecule has 0 aliphatic carbocycles. The molecule has 1 atom stereocenters. The van der Waals surface area contributed by atoms with E-state index in [1.54, 1.807) is 17.6 Å². The zero-order chi connectivity index (χ0) is 25.1. The maximum absolute atomic E-state index is 13.7. The van der Waals surface area contributed by atoms with Crippen LogP contribution in [0.1, 0.15) is 31.0 Å². The second kappa shape index (κ2) is 9.83. The summed E-state index contributed by atoms with van der Waals surface area (Å²) in [7, 11) is 0. The number of carboxylic acid groups (broad SMARTS) is 1. The summed E-state index contributed by atoms with van der Waals surface area (Å²) >= 11 is 0. The number of imidazole rings is 1. The van der Waals surface area contributed by atoms with Gasteiger partial charge in [0.25, 0.3) is 5.56 Å². The Labute approximate surface area is 199 Å². The van der Waals surface area contributed by atoms with Gasteiger partial charge in [0.15, 0.2) is 11.2 Å². The van der Waals surface area contributed by atoms with Gasteiger partial charge in [-0.2, -0.15) is 10.2 Å². The number of nitriles is 1. The van der Waals surface area contributed by atoms with E-state index >= 15 is 0 Å². The summed E-state index contributed by atoms with van der Waals surface area (Å²) in [6, 6.07) is 5.01. The summed E-state index contributed by atoms with van der Waals surface area (Å²) in [6.45, 7) is 1.93. The van der Waals surface area contributed by atoms with E-state index in [2.05, 4.69) is 21.8 Å². The van der Waals surface area contributed by atoms with Gasteiger partial charge < -0.3 is 15.7 Å². The van der Waals surface area contributed by atoms with Crippen LogP contribution >= 0.6 is 0 Å². The van der Waals surface area contributed by atoms with Crippen molar-refractivity contribution in [3.8, 4) is 17.9 Å².